The maximum absolute atomic E-state index is 11.9. The predicted molar refractivity (Wildman–Crippen MR) is 59.7 cm³/mol. The SMILES string of the molecule is COC(=O)CCCN(C)S(=O)(=O)c1ccn[nH]1. The van der Waals surface area contributed by atoms with Crippen molar-refractivity contribution in [2.24, 2.45) is 0 Å². The fourth-order valence-corrected chi connectivity index (χ4v) is 2.33. The smallest absolute Gasteiger partial charge is 0.305 e. The first-order valence-corrected chi connectivity index (χ1v) is 6.45. The van der Waals surface area contributed by atoms with Gasteiger partial charge in [-0.25, -0.2) is 8.42 Å². The van der Waals surface area contributed by atoms with Gasteiger partial charge in [0.05, 0.1) is 13.3 Å². The van der Waals surface area contributed by atoms with Crippen molar-refractivity contribution >= 4 is 16.0 Å². The fourth-order valence-electron chi connectivity index (χ4n) is 1.22. The van der Waals surface area contributed by atoms with Crippen LogP contribution in [-0.2, 0) is 19.6 Å². The van der Waals surface area contributed by atoms with E-state index in [9.17, 15) is 13.2 Å². The van der Waals surface area contributed by atoms with Crippen LogP contribution >= 0.6 is 0 Å². The molecule has 96 valence electrons. The number of nitrogens with zero attached hydrogens (tertiary/aromatic N) is 2. The third-order valence-electron chi connectivity index (χ3n) is 2.24. The standard InChI is InChI=1S/C9H15N3O4S/c1-12(7-3-4-9(13)16-2)17(14,15)8-5-6-10-11-8/h5-6H,3-4,7H2,1-2H3,(H,10,11). The molecule has 0 aliphatic rings. The first-order chi connectivity index (χ1) is 7.98. The lowest BCUT2D eigenvalue weighted by Crippen LogP contribution is -2.28. The number of esters is 1. The summed E-state index contributed by atoms with van der Waals surface area (Å²) in [7, 11) is -0.786. The molecule has 0 aliphatic heterocycles. The second-order valence-electron chi connectivity index (χ2n) is 3.43. The molecule has 17 heavy (non-hydrogen) atoms. The summed E-state index contributed by atoms with van der Waals surface area (Å²) in [4.78, 5) is 10.9. The Hall–Kier alpha value is -1.41. The van der Waals surface area contributed by atoms with E-state index >= 15 is 0 Å². The minimum atomic E-state index is -3.54. The van der Waals surface area contributed by atoms with Gasteiger partial charge in [0.15, 0.2) is 5.03 Å². The van der Waals surface area contributed by atoms with Crippen LogP contribution in [0.5, 0.6) is 0 Å². The molecule has 0 unspecified atom stereocenters. The van der Waals surface area contributed by atoms with Crippen LogP contribution in [0.25, 0.3) is 0 Å². The minimum Gasteiger partial charge on any atom is -0.469 e. The Labute approximate surface area is 99.8 Å². The molecule has 0 saturated carbocycles. The highest BCUT2D eigenvalue weighted by Crippen LogP contribution is 2.10. The van der Waals surface area contributed by atoms with Crippen LogP contribution in [0.3, 0.4) is 0 Å². The Bertz CT molecular complexity index is 455. The van der Waals surface area contributed by atoms with Crippen LogP contribution in [0.15, 0.2) is 17.3 Å². The Morgan fingerprint density at radius 1 is 1.59 bits per heavy atom. The van der Waals surface area contributed by atoms with Crippen LogP contribution in [0, 0.1) is 0 Å². The Balaban J connectivity index is 2.53. The lowest BCUT2D eigenvalue weighted by molar-refractivity contribution is -0.140. The van der Waals surface area contributed by atoms with E-state index in [1.165, 1.54) is 30.7 Å². The van der Waals surface area contributed by atoms with E-state index < -0.39 is 10.0 Å². The van der Waals surface area contributed by atoms with Crippen LogP contribution in [0.1, 0.15) is 12.8 Å². The van der Waals surface area contributed by atoms with Crippen molar-refractivity contribution in [2.75, 3.05) is 20.7 Å². The number of carbonyl (C=O) groups is 1. The third kappa shape index (κ3) is 3.53. The number of hydrogen-bond donors (Lipinski definition) is 1. The van der Waals surface area contributed by atoms with Gasteiger partial charge in [0.2, 0.25) is 0 Å². The van der Waals surface area contributed by atoms with Crippen LogP contribution in [0.4, 0.5) is 0 Å². The van der Waals surface area contributed by atoms with E-state index in [0.717, 1.165) is 0 Å². The lowest BCUT2D eigenvalue weighted by atomic mass is 10.3. The quantitative estimate of drug-likeness (QED) is 0.727. The van der Waals surface area contributed by atoms with Crippen LogP contribution in [-0.4, -0.2) is 49.6 Å². The highest BCUT2D eigenvalue weighted by Gasteiger charge is 2.21. The van der Waals surface area contributed by atoms with E-state index in [-0.39, 0.29) is 24.0 Å². The predicted octanol–water partition coefficient (Wildman–Crippen LogP) is -0.0166. The van der Waals surface area contributed by atoms with Crippen molar-refractivity contribution in [1.29, 1.82) is 0 Å². The van der Waals surface area contributed by atoms with Crippen molar-refractivity contribution in [2.45, 2.75) is 17.9 Å². The largest absolute Gasteiger partial charge is 0.469 e. The number of nitrogens with one attached hydrogen (secondary N) is 1. The van der Waals surface area contributed by atoms with Gasteiger partial charge in [-0.1, -0.05) is 0 Å². The number of rotatable bonds is 6. The molecule has 1 N–H and O–H groups in total. The zero-order valence-electron chi connectivity index (χ0n) is 9.71. The molecule has 0 aromatic carbocycles. The molecule has 0 spiro atoms. The first kappa shape index (κ1) is 13.7. The topological polar surface area (TPSA) is 92.4 Å². The van der Waals surface area contributed by atoms with Gasteiger partial charge in [0.1, 0.15) is 0 Å². The molecule has 1 heterocycles. The van der Waals surface area contributed by atoms with Crippen molar-refractivity contribution in [3.05, 3.63) is 12.3 Å². The van der Waals surface area contributed by atoms with Crippen LogP contribution in [0.2, 0.25) is 0 Å². The normalized spacial score (nSPS) is 11.7. The molecular formula is C9H15N3O4S. The van der Waals surface area contributed by atoms with Crippen molar-refractivity contribution in [3.63, 3.8) is 0 Å². The summed E-state index contributed by atoms with van der Waals surface area (Å²) in [6.45, 7) is 0.246. The zero-order chi connectivity index (χ0) is 12.9. The average molecular weight is 261 g/mol. The van der Waals surface area contributed by atoms with Gasteiger partial charge < -0.3 is 4.74 Å². The van der Waals surface area contributed by atoms with Gasteiger partial charge >= 0.3 is 5.97 Å². The maximum Gasteiger partial charge on any atom is 0.305 e. The van der Waals surface area contributed by atoms with Gasteiger partial charge in [-0.3, -0.25) is 9.89 Å². The number of sulfonamides is 1. The number of carbonyl (C=O) groups excluding carboxylic acids is 1. The number of H-pyrrole nitrogens is 1. The van der Waals surface area contributed by atoms with E-state index in [4.69, 9.17) is 0 Å². The summed E-state index contributed by atoms with van der Waals surface area (Å²) in [6, 6.07) is 1.38. The molecule has 0 atom stereocenters. The highest BCUT2D eigenvalue weighted by atomic mass is 32.2. The molecule has 7 nitrogen and oxygen atoms in total. The summed E-state index contributed by atoms with van der Waals surface area (Å²) in [5.74, 6) is -0.350. The van der Waals surface area contributed by atoms with E-state index in [2.05, 4.69) is 14.9 Å². The van der Waals surface area contributed by atoms with Gasteiger partial charge in [0.25, 0.3) is 10.0 Å². The second kappa shape index (κ2) is 5.78. The Morgan fingerprint density at radius 3 is 2.82 bits per heavy atom. The van der Waals surface area contributed by atoms with E-state index in [1.807, 2.05) is 0 Å². The number of ether oxygens (including phenoxy) is 1. The maximum atomic E-state index is 11.9. The molecule has 0 bridgehead atoms. The minimum absolute atomic E-state index is 0.0399. The van der Waals surface area contributed by atoms with Gasteiger partial charge in [0, 0.05) is 20.0 Å². The van der Waals surface area contributed by atoms with E-state index in [1.54, 1.807) is 0 Å². The molecule has 1 rings (SSSR count). The summed E-state index contributed by atoms with van der Waals surface area (Å²) < 4.78 is 29.4. The summed E-state index contributed by atoms with van der Waals surface area (Å²) in [5.41, 5.74) is 0. The zero-order valence-corrected chi connectivity index (χ0v) is 10.5. The van der Waals surface area contributed by atoms with Gasteiger partial charge in [-0.05, 0) is 12.5 Å². The molecule has 0 fully saturated rings. The van der Waals surface area contributed by atoms with E-state index in [0.29, 0.717) is 6.42 Å². The summed E-state index contributed by atoms with van der Waals surface area (Å²) >= 11 is 0. The summed E-state index contributed by atoms with van der Waals surface area (Å²) in [5, 5.41) is 6.02. The molecule has 0 saturated heterocycles. The lowest BCUT2D eigenvalue weighted by Gasteiger charge is -2.15. The van der Waals surface area contributed by atoms with Crippen LogP contribution < -0.4 is 0 Å². The monoisotopic (exact) mass is 261 g/mol. The molecule has 8 heteroatoms. The number of hydrogen-bond acceptors (Lipinski definition) is 5. The number of aromatic nitrogens is 2. The summed E-state index contributed by atoms with van der Waals surface area (Å²) in [6.07, 6.45) is 1.98. The Morgan fingerprint density at radius 2 is 2.29 bits per heavy atom. The van der Waals surface area contributed by atoms with Gasteiger partial charge in [-0.15, -0.1) is 0 Å². The molecule has 0 aliphatic carbocycles. The Kier molecular flexibility index (Phi) is 4.64. The number of aromatic amines is 1. The molecule has 0 radical (unpaired) electrons. The molecule has 0 amide bonds. The van der Waals surface area contributed by atoms with Crippen molar-refractivity contribution in [3.8, 4) is 0 Å². The third-order valence-corrected chi connectivity index (χ3v) is 4.03. The molecule has 1 aromatic heterocycles. The van der Waals surface area contributed by atoms with Crippen molar-refractivity contribution < 1.29 is 17.9 Å². The van der Waals surface area contributed by atoms with Crippen molar-refractivity contribution in [1.82, 2.24) is 14.5 Å². The molecular weight excluding hydrogens is 246 g/mol. The number of methoxy groups -OCH3 is 1. The van der Waals surface area contributed by atoms with Gasteiger partial charge in [-0.2, -0.15) is 9.40 Å². The highest BCUT2D eigenvalue weighted by molar-refractivity contribution is 7.89. The second-order valence-corrected chi connectivity index (χ2v) is 5.44. The molecule has 1 aromatic rings. The fraction of sp³-hybridized carbons (Fsp3) is 0.556. The first-order valence-electron chi connectivity index (χ1n) is 5.01. The average Bonchev–Trinajstić information content (AvgIpc) is 2.82.